The molecule has 448 valence electrons. The maximum absolute atomic E-state index is 4.34. The molecule has 0 aliphatic rings. The van der Waals surface area contributed by atoms with Crippen molar-refractivity contribution in [2.75, 3.05) is 0 Å². The minimum absolute atomic E-state index is 0.826. The number of imidazole rings is 4. The van der Waals surface area contributed by atoms with Crippen LogP contribution in [0.2, 0.25) is 0 Å². The van der Waals surface area contributed by atoms with Crippen molar-refractivity contribution in [2.24, 2.45) is 56.4 Å². The van der Waals surface area contributed by atoms with Crippen LogP contribution in [0.3, 0.4) is 0 Å². The van der Waals surface area contributed by atoms with Crippen LogP contribution in [0.5, 0.6) is 0 Å². The van der Waals surface area contributed by atoms with E-state index >= 15 is 0 Å². The van der Waals surface area contributed by atoms with E-state index in [1.54, 1.807) is 31.0 Å². The van der Waals surface area contributed by atoms with Gasteiger partial charge in [-0.25, -0.2) is 29.9 Å². The van der Waals surface area contributed by atoms with Crippen LogP contribution in [0.4, 0.5) is 0 Å². The fraction of sp³-hybridized carbons (Fsp3) is 0.232. The molecule has 19 heteroatoms. The van der Waals surface area contributed by atoms with Gasteiger partial charge in [-0.3, -0.25) is 24.9 Å². The van der Waals surface area contributed by atoms with Crippen LogP contribution in [0.25, 0.3) is 88.1 Å². The zero-order chi connectivity index (χ0) is 62.8. The Balaban J connectivity index is 0.000000120. The number of pyridine rings is 7. The first kappa shape index (κ1) is 61.9. The number of nitrogens with zero attached hydrogens (tertiary/aromatic N) is 19. The number of fused-ring (bicyclic) bond motifs is 8. The lowest BCUT2D eigenvalue weighted by molar-refractivity contribution is 0.874. The summed E-state index contributed by atoms with van der Waals surface area (Å²) in [5, 5.41) is 3.81. The van der Waals surface area contributed by atoms with E-state index in [0.717, 1.165) is 73.2 Å². The maximum Gasteiger partial charge on any atom is 0.177 e. The Hall–Kier alpha value is -10.7. The molecule has 0 radical (unpaired) electrons. The van der Waals surface area contributed by atoms with Gasteiger partial charge in [0, 0.05) is 145 Å². The molecule has 16 rings (SSSR count). The summed E-state index contributed by atoms with van der Waals surface area (Å²) >= 11 is 0. The van der Waals surface area contributed by atoms with Crippen LogP contribution < -0.4 is 0 Å². The van der Waals surface area contributed by atoms with Crippen molar-refractivity contribution in [1.82, 2.24) is 91.4 Å². The van der Waals surface area contributed by atoms with Crippen molar-refractivity contribution in [3.05, 3.63) is 223 Å². The molecular formula is C69H77N19. The molecule has 15 aromatic heterocycles. The molecule has 19 nitrogen and oxygen atoms in total. The molecule has 15 heterocycles. The molecule has 0 N–H and O–H groups in total. The first-order valence-electron chi connectivity index (χ1n) is 28.9. The Morgan fingerprint density at radius 2 is 0.705 bits per heavy atom. The molecule has 0 amide bonds. The summed E-state index contributed by atoms with van der Waals surface area (Å²) in [4.78, 5) is 45.9. The molecule has 0 saturated heterocycles. The Bertz CT molecular complexity index is 4040. The zero-order valence-corrected chi connectivity index (χ0v) is 53.2. The minimum Gasteiger partial charge on any atom is -0.348 e. The van der Waals surface area contributed by atoms with Gasteiger partial charge in [0.2, 0.25) is 0 Å². The zero-order valence-electron chi connectivity index (χ0n) is 53.2. The fourth-order valence-corrected chi connectivity index (χ4v) is 9.96. The van der Waals surface area contributed by atoms with Crippen LogP contribution in [-0.4, -0.2) is 91.4 Å². The number of aromatic nitrogens is 19. The molecule has 0 saturated carbocycles. The Kier molecular flexibility index (Phi) is 19.4. The summed E-state index contributed by atoms with van der Waals surface area (Å²) in [6.07, 6.45) is 19.9. The fourth-order valence-electron chi connectivity index (χ4n) is 9.96. The second-order valence-electron chi connectivity index (χ2n) is 21.5. The SMILES string of the molecule is Cc1cc2ccccc2n1C.Cc1cc2ccncc2n1C.Cc1cc2cnccc2n1C.Cc1cc2ncccc2n1C.Cc1nc2cccnc2n1C.Cc1nc2ccncc2n1C.Cc1nc2cnccc2n1C.Cc1nc2ncccc2n1C. The lowest BCUT2D eigenvalue weighted by Gasteiger charge is -1.96. The van der Waals surface area contributed by atoms with Crippen LogP contribution in [0.1, 0.15) is 46.1 Å². The third kappa shape index (κ3) is 13.8. The van der Waals surface area contributed by atoms with Crippen LogP contribution >= 0.6 is 0 Å². The number of hydrogen-bond donors (Lipinski definition) is 0. The quantitative estimate of drug-likeness (QED) is 0.141. The third-order valence-electron chi connectivity index (χ3n) is 16.0. The van der Waals surface area contributed by atoms with E-state index in [0.29, 0.717) is 0 Å². The molecule has 0 fully saturated rings. The Morgan fingerprint density at radius 3 is 1.34 bits per heavy atom. The molecule has 0 atom stereocenters. The predicted molar refractivity (Wildman–Crippen MR) is 357 cm³/mol. The van der Waals surface area contributed by atoms with Crippen molar-refractivity contribution in [3.8, 4) is 0 Å². The molecule has 0 unspecified atom stereocenters. The van der Waals surface area contributed by atoms with E-state index in [4.69, 9.17) is 0 Å². The predicted octanol–water partition coefficient (Wildman–Crippen LogP) is 13.2. The van der Waals surface area contributed by atoms with Crippen molar-refractivity contribution < 1.29 is 0 Å². The summed E-state index contributed by atoms with van der Waals surface area (Å²) < 4.78 is 16.7. The van der Waals surface area contributed by atoms with E-state index in [9.17, 15) is 0 Å². The van der Waals surface area contributed by atoms with Gasteiger partial charge in [-0.1, -0.05) is 18.2 Å². The standard InChI is InChI=1S/C10H11N.3C9H10N2.4C8H9N3/c1-8-7-9-5-3-4-6-10(9)11(8)2;1-7-5-8-6-10-4-3-9(8)11(7)2;1-7-5-8-3-4-10-6-9(8)11(7)2;1-7-6-8-9(11(7)2)4-3-5-10-8;1-6-10-7-5-9-4-3-8(7)11(6)2;1-6-10-7-3-4-9-5-8(7)11(6)2;1-6-10-8-7(11(6)2)4-3-5-9-8;1-6-10-7-4-3-5-9-8(7)11(6)2/h3-7H,1-2H3;3*3-6H,1-2H3;4*3-5H,1-2H3. The highest BCUT2D eigenvalue weighted by molar-refractivity contribution is 5.82. The van der Waals surface area contributed by atoms with Gasteiger partial charge in [0.1, 0.15) is 34.3 Å². The number of hydrogen-bond acceptors (Lipinski definition) is 11. The maximum atomic E-state index is 4.34. The lowest BCUT2D eigenvalue weighted by atomic mass is 10.2. The number of benzene rings is 1. The van der Waals surface area contributed by atoms with Crippen molar-refractivity contribution in [3.63, 3.8) is 0 Å². The number of rotatable bonds is 0. The molecule has 88 heavy (non-hydrogen) atoms. The third-order valence-corrected chi connectivity index (χ3v) is 16.0. The summed E-state index contributed by atoms with van der Waals surface area (Å²) in [5.74, 6) is 4.04. The molecule has 1 aromatic carbocycles. The largest absolute Gasteiger partial charge is 0.348 e. The highest BCUT2D eigenvalue weighted by Gasteiger charge is 2.07. The topological polar surface area (TPSA) is 181 Å². The van der Waals surface area contributed by atoms with Crippen LogP contribution in [0, 0.1) is 55.4 Å². The van der Waals surface area contributed by atoms with Crippen LogP contribution in [-0.2, 0) is 56.4 Å². The van der Waals surface area contributed by atoms with Crippen molar-refractivity contribution in [1.29, 1.82) is 0 Å². The Labute approximate surface area is 512 Å². The van der Waals surface area contributed by atoms with E-state index in [2.05, 4.69) is 188 Å². The van der Waals surface area contributed by atoms with Gasteiger partial charge in [0.05, 0.1) is 62.7 Å². The highest BCUT2D eigenvalue weighted by Crippen LogP contribution is 2.20. The lowest BCUT2D eigenvalue weighted by Crippen LogP contribution is -1.91. The molecule has 0 aliphatic carbocycles. The molecule has 0 bridgehead atoms. The second kappa shape index (κ2) is 27.6. The van der Waals surface area contributed by atoms with Gasteiger partial charge in [-0.2, -0.15) is 0 Å². The summed E-state index contributed by atoms with van der Waals surface area (Å²) in [7, 11) is 16.2. The van der Waals surface area contributed by atoms with E-state index in [1.807, 2.05) is 161 Å². The van der Waals surface area contributed by atoms with E-state index < -0.39 is 0 Å². The Morgan fingerprint density at radius 1 is 0.261 bits per heavy atom. The normalized spacial score (nSPS) is 10.7. The van der Waals surface area contributed by atoms with Gasteiger partial charge in [-0.15, -0.1) is 0 Å². The second-order valence-corrected chi connectivity index (χ2v) is 21.5. The van der Waals surface area contributed by atoms with Gasteiger partial charge in [-0.05, 0) is 152 Å². The number of aryl methyl sites for hydroxylation is 16. The smallest absolute Gasteiger partial charge is 0.177 e. The summed E-state index contributed by atoms with van der Waals surface area (Å²) in [5.41, 5.74) is 19.2. The first-order valence-corrected chi connectivity index (χ1v) is 28.9. The van der Waals surface area contributed by atoms with E-state index in [1.165, 1.54) is 61.0 Å². The van der Waals surface area contributed by atoms with Gasteiger partial charge in [0.15, 0.2) is 11.3 Å². The number of para-hydroxylation sites is 1. The van der Waals surface area contributed by atoms with Gasteiger partial charge < -0.3 is 36.5 Å². The van der Waals surface area contributed by atoms with Gasteiger partial charge in [0.25, 0.3) is 0 Å². The summed E-state index contributed by atoms with van der Waals surface area (Å²) in [6.45, 7) is 16.3. The highest BCUT2D eigenvalue weighted by atomic mass is 15.1. The van der Waals surface area contributed by atoms with Gasteiger partial charge >= 0.3 is 0 Å². The monoisotopic (exact) mass is 1170 g/mol. The average molecular weight is 1170 g/mol. The summed E-state index contributed by atoms with van der Waals surface area (Å²) in [6, 6.07) is 36.8. The molecule has 0 aliphatic heterocycles. The van der Waals surface area contributed by atoms with Crippen molar-refractivity contribution in [2.45, 2.75) is 55.4 Å². The van der Waals surface area contributed by atoms with Crippen molar-refractivity contribution >= 4 is 88.1 Å². The van der Waals surface area contributed by atoms with E-state index in [-0.39, 0.29) is 0 Å². The first-order chi connectivity index (χ1) is 42.3. The minimum atomic E-state index is 0.826. The molecule has 0 spiro atoms. The van der Waals surface area contributed by atoms with Crippen LogP contribution in [0.15, 0.2) is 177 Å². The molecular weight excluding hydrogens is 1090 g/mol. The molecule has 16 aromatic rings. The average Bonchev–Trinajstić information content (AvgIpc) is 4.64.